The van der Waals surface area contributed by atoms with E-state index in [4.69, 9.17) is 9.47 Å². The van der Waals surface area contributed by atoms with Crippen molar-refractivity contribution in [1.82, 2.24) is 50.8 Å². The Balaban J connectivity index is 0.968. The number of carbonyl (C=O) groups excluding carboxylic acids is 4. The van der Waals surface area contributed by atoms with Crippen molar-refractivity contribution in [2.45, 2.75) is 43.9 Å². The average Bonchev–Trinajstić information content (AvgIpc) is 4.09. The van der Waals surface area contributed by atoms with Crippen LogP contribution in [0, 0.1) is 0 Å². The molecule has 3 amide bonds. The third-order valence-electron chi connectivity index (χ3n) is 10.2. The highest BCUT2D eigenvalue weighted by Crippen LogP contribution is 2.34. The number of aromatic nitrogens is 6. The second-order valence-corrected chi connectivity index (χ2v) is 14.0. The van der Waals surface area contributed by atoms with Gasteiger partial charge < -0.3 is 40.3 Å². The van der Waals surface area contributed by atoms with Crippen molar-refractivity contribution in [3.05, 3.63) is 132 Å². The Kier molecular flexibility index (Phi) is 12.5. The first-order valence-electron chi connectivity index (χ1n) is 19.1. The van der Waals surface area contributed by atoms with Crippen molar-refractivity contribution in [2.24, 2.45) is 0 Å². The van der Waals surface area contributed by atoms with Crippen LogP contribution in [0.25, 0.3) is 33.9 Å². The second kappa shape index (κ2) is 18.4. The normalized spacial score (nSPS) is 15.2. The average molecular weight is 797 g/mol. The summed E-state index contributed by atoms with van der Waals surface area (Å²) in [7, 11) is 2.52. The van der Waals surface area contributed by atoms with Gasteiger partial charge in [0.25, 0.3) is 5.91 Å². The molecule has 0 radical (unpaired) electrons. The van der Waals surface area contributed by atoms with Gasteiger partial charge in [-0.05, 0) is 36.5 Å². The van der Waals surface area contributed by atoms with Crippen molar-refractivity contribution < 1.29 is 28.7 Å². The molecule has 1 aliphatic rings. The van der Waals surface area contributed by atoms with Gasteiger partial charge in [-0.2, -0.15) is 0 Å². The first-order chi connectivity index (χ1) is 28.7. The molecule has 1 aliphatic heterocycles. The minimum Gasteiger partial charge on any atom is -0.453 e. The minimum absolute atomic E-state index is 0.0108. The summed E-state index contributed by atoms with van der Waals surface area (Å²) < 4.78 is 9.53. The van der Waals surface area contributed by atoms with E-state index in [1.54, 1.807) is 66.1 Å². The molecule has 3 aromatic heterocycles. The number of nitrogens with one attached hydrogen (secondary N) is 5. The van der Waals surface area contributed by atoms with Gasteiger partial charge in [0.2, 0.25) is 0 Å². The number of aromatic amines is 2. The van der Waals surface area contributed by atoms with Gasteiger partial charge in [-0.15, -0.1) is 0 Å². The van der Waals surface area contributed by atoms with Crippen LogP contribution in [0.2, 0.25) is 0 Å². The van der Waals surface area contributed by atoms with E-state index in [0.717, 1.165) is 28.8 Å². The number of benzene rings is 3. The van der Waals surface area contributed by atoms with Crippen LogP contribution in [0.1, 0.15) is 66.7 Å². The molecule has 4 atom stereocenters. The maximum Gasteiger partial charge on any atom is 0.407 e. The van der Waals surface area contributed by atoms with Gasteiger partial charge in [-0.25, -0.2) is 29.5 Å². The fourth-order valence-electron chi connectivity index (χ4n) is 6.99. The van der Waals surface area contributed by atoms with E-state index in [1.807, 2.05) is 55.5 Å². The molecule has 0 spiro atoms. The lowest BCUT2D eigenvalue weighted by atomic mass is 10.0. The summed E-state index contributed by atoms with van der Waals surface area (Å²) in [4.78, 5) is 78.0. The lowest BCUT2D eigenvalue weighted by Gasteiger charge is -2.28. The van der Waals surface area contributed by atoms with E-state index in [9.17, 15) is 19.2 Å². The molecule has 3 aromatic carbocycles. The summed E-state index contributed by atoms with van der Waals surface area (Å²) in [6, 6.07) is 23.5. The first kappa shape index (κ1) is 40.0. The smallest absolute Gasteiger partial charge is 0.407 e. The van der Waals surface area contributed by atoms with E-state index in [1.165, 1.54) is 14.2 Å². The van der Waals surface area contributed by atoms with E-state index >= 15 is 0 Å². The van der Waals surface area contributed by atoms with Crippen molar-refractivity contribution in [3.63, 3.8) is 0 Å². The van der Waals surface area contributed by atoms with Crippen molar-refractivity contribution in [3.8, 4) is 33.9 Å². The first-order valence-corrected chi connectivity index (χ1v) is 19.1. The zero-order valence-electron chi connectivity index (χ0n) is 32.7. The lowest BCUT2D eigenvalue weighted by Crippen LogP contribution is -2.42. The van der Waals surface area contributed by atoms with E-state index < -0.39 is 24.3 Å². The fraction of sp³-hybridized carbons (Fsp3) is 0.256. The highest BCUT2D eigenvalue weighted by molar-refractivity contribution is 5.90. The Bertz CT molecular complexity index is 2370. The number of imidazole rings is 2. The number of carbonyl (C=O) groups is 4. The van der Waals surface area contributed by atoms with Crippen LogP contribution >= 0.6 is 0 Å². The van der Waals surface area contributed by atoms with Crippen molar-refractivity contribution in [2.75, 3.05) is 27.3 Å². The second-order valence-electron chi connectivity index (χ2n) is 14.0. The van der Waals surface area contributed by atoms with Gasteiger partial charge >= 0.3 is 12.2 Å². The predicted molar refractivity (Wildman–Crippen MR) is 217 cm³/mol. The molecule has 0 saturated carbocycles. The van der Waals surface area contributed by atoms with Gasteiger partial charge in [0.05, 0.1) is 56.6 Å². The van der Waals surface area contributed by atoms with Gasteiger partial charge in [0.15, 0.2) is 11.6 Å². The van der Waals surface area contributed by atoms with Crippen LogP contribution < -0.4 is 16.0 Å². The number of H-pyrrole nitrogens is 2. The quantitative estimate of drug-likeness (QED) is 0.0863. The highest BCUT2D eigenvalue weighted by Gasteiger charge is 2.37. The number of hydrogen-bond donors (Lipinski definition) is 5. The van der Waals surface area contributed by atoms with Crippen LogP contribution in [-0.4, -0.2) is 86.0 Å². The molecular formula is C43H44N10O6. The molecule has 6 aromatic rings. The number of rotatable bonds is 14. The molecule has 59 heavy (non-hydrogen) atoms. The molecule has 302 valence electrons. The number of methoxy groups -OCH3 is 2. The SMILES string of the molecule is COC(=O)N[C@@H](C(=O)CN[C@@H](C)c1ncc(-c2ccc(-c3ncc(-c4cnc([C@@H]5CCCN5C(=O)[C@H](NC(=O)OC)c5ccccc5)[nH]4)cn3)cc2)[nH]1)c1ccccc1. The third-order valence-corrected chi connectivity index (χ3v) is 10.2. The molecule has 16 nitrogen and oxygen atoms in total. The van der Waals surface area contributed by atoms with Gasteiger partial charge in [0, 0.05) is 30.1 Å². The Morgan fingerprint density at radius 3 is 1.93 bits per heavy atom. The van der Waals surface area contributed by atoms with E-state index in [0.29, 0.717) is 47.3 Å². The zero-order chi connectivity index (χ0) is 41.3. The Labute approximate surface area is 340 Å². The molecule has 1 saturated heterocycles. The zero-order valence-corrected chi connectivity index (χ0v) is 32.7. The summed E-state index contributed by atoms with van der Waals surface area (Å²) in [5.41, 5.74) is 5.28. The van der Waals surface area contributed by atoms with Crippen LogP contribution in [0.3, 0.4) is 0 Å². The molecular weight excluding hydrogens is 753 g/mol. The van der Waals surface area contributed by atoms with Crippen molar-refractivity contribution >= 4 is 23.9 Å². The molecule has 5 N–H and O–H groups in total. The van der Waals surface area contributed by atoms with Crippen LogP contribution in [0.15, 0.2) is 110 Å². The number of ether oxygens (including phenoxy) is 2. The predicted octanol–water partition coefficient (Wildman–Crippen LogP) is 6.00. The monoisotopic (exact) mass is 796 g/mol. The number of hydrogen-bond acceptors (Lipinski definition) is 11. The highest BCUT2D eigenvalue weighted by atomic mass is 16.5. The topological polar surface area (TPSA) is 209 Å². The molecule has 16 heteroatoms. The number of alkyl carbamates (subject to hydrolysis) is 2. The number of likely N-dealkylation sites (tertiary alicyclic amines) is 1. The van der Waals surface area contributed by atoms with E-state index in [-0.39, 0.29) is 30.3 Å². The van der Waals surface area contributed by atoms with Gasteiger partial charge in [0.1, 0.15) is 23.7 Å². The Morgan fingerprint density at radius 1 is 0.712 bits per heavy atom. The van der Waals surface area contributed by atoms with Crippen LogP contribution in [0.5, 0.6) is 0 Å². The fourth-order valence-corrected chi connectivity index (χ4v) is 6.99. The number of nitrogens with zero attached hydrogens (tertiary/aromatic N) is 5. The third kappa shape index (κ3) is 9.34. The molecule has 7 rings (SSSR count). The molecule has 0 bridgehead atoms. The summed E-state index contributed by atoms with van der Waals surface area (Å²) in [5.74, 6) is 1.36. The summed E-state index contributed by atoms with van der Waals surface area (Å²) in [6.45, 7) is 2.41. The Hall–Kier alpha value is -7.20. The van der Waals surface area contributed by atoms with Gasteiger partial charge in [-0.1, -0.05) is 84.9 Å². The number of amides is 3. The maximum absolute atomic E-state index is 13.9. The minimum atomic E-state index is -0.903. The largest absolute Gasteiger partial charge is 0.453 e. The summed E-state index contributed by atoms with van der Waals surface area (Å²) in [5, 5.41) is 8.51. The van der Waals surface area contributed by atoms with E-state index in [2.05, 4.69) is 45.9 Å². The van der Waals surface area contributed by atoms with Crippen LogP contribution in [0.4, 0.5) is 9.59 Å². The van der Waals surface area contributed by atoms with Gasteiger partial charge in [-0.3, -0.25) is 9.59 Å². The maximum atomic E-state index is 13.9. The van der Waals surface area contributed by atoms with Crippen molar-refractivity contribution in [1.29, 1.82) is 0 Å². The standard InChI is InChI=1S/C43H44N10O6/c1-26(44-25-35(54)36(51-42(56)58-2)28-11-6-4-7-12-28)38-47-23-32(49-38)27-16-18-30(19-17-27)39-45-21-31(22-46-39)33-24-48-40(50-33)34-15-10-20-53(34)41(55)37(52-43(57)59-3)29-13-8-5-9-14-29/h4-9,11-14,16-19,21-24,26,34,36-37,44H,10,15,20,25H2,1-3H3,(H,47,49)(H,48,50)(H,51,56)(H,52,57)/t26-,34-,36+,37+/m0/s1. The molecule has 1 fully saturated rings. The van der Waals surface area contributed by atoms with Crippen LogP contribution in [-0.2, 0) is 19.1 Å². The summed E-state index contributed by atoms with van der Waals surface area (Å²) in [6.07, 6.45) is 7.03. The molecule has 0 aliphatic carbocycles. The molecule has 0 unspecified atom stereocenters. The summed E-state index contributed by atoms with van der Waals surface area (Å²) >= 11 is 0. The number of Topliss-reactive ketones (excluding diaryl/α,β-unsaturated/α-hetero) is 1. The lowest BCUT2D eigenvalue weighted by molar-refractivity contribution is -0.134. The molecule has 4 heterocycles. The number of ketones is 1. The Morgan fingerprint density at radius 2 is 1.29 bits per heavy atom.